The number of hydrogen-bond acceptors (Lipinski definition) is 2. The second kappa shape index (κ2) is 6.81. The smallest absolute Gasteiger partial charge is 0.158 e. The van der Waals surface area contributed by atoms with Crippen LogP contribution in [-0.4, -0.2) is 9.78 Å². The van der Waals surface area contributed by atoms with Crippen LogP contribution < -0.4 is 4.74 Å². The number of rotatable bonds is 4. The van der Waals surface area contributed by atoms with E-state index >= 15 is 0 Å². The molecule has 0 saturated carbocycles. The van der Waals surface area contributed by atoms with Crippen molar-refractivity contribution in [2.45, 2.75) is 46.3 Å². The van der Waals surface area contributed by atoms with Gasteiger partial charge in [-0.1, -0.05) is 29.8 Å². The Morgan fingerprint density at radius 1 is 1.19 bits per heavy atom. The van der Waals surface area contributed by atoms with Crippen LogP contribution in [0, 0.1) is 0 Å². The molecule has 3 nitrogen and oxygen atoms in total. The number of hydrogen-bond donors (Lipinski definition) is 0. The Balaban J connectivity index is 1.55. The van der Waals surface area contributed by atoms with Crippen LogP contribution in [0.2, 0.25) is 5.15 Å². The van der Waals surface area contributed by atoms with Gasteiger partial charge in [-0.2, -0.15) is 5.10 Å². The molecule has 1 heterocycles. The predicted molar refractivity (Wildman–Crippen MR) is 108 cm³/mol. The molecule has 0 bridgehead atoms. The van der Waals surface area contributed by atoms with Gasteiger partial charge >= 0.3 is 0 Å². The van der Waals surface area contributed by atoms with Crippen LogP contribution in [0.15, 0.2) is 42.5 Å². The van der Waals surface area contributed by atoms with Crippen LogP contribution in [0.25, 0.3) is 16.5 Å². The van der Waals surface area contributed by atoms with E-state index in [1.54, 1.807) is 0 Å². The molecule has 0 amide bonds. The summed E-state index contributed by atoms with van der Waals surface area (Å²) in [6.45, 7) is 6.90. The maximum Gasteiger partial charge on any atom is 0.158 e. The van der Waals surface area contributed by atoms with Gasteiger partial charge in [0.2, 0.25) is 0 Å². The molecular weight excluding hydrogens is 344 g/mol. The van der Waals surface area contributed by atoms with E-state index in [1.807, 2.05) is 4.68 Å². The van der Waals surface area contributed by atoms with Crippen LogP contribution in [0.5, 0.6) is 5.75 Å². The van der Waals surface area contributed by atoms with Crippen LogP contribution in [0.4, 0.5) is 0 Å². The van der Waals surface area contributed by atoms with Gasteiger partial charge in [0.15, 0.2) is 5.15 Å². The third-order valence-electron chi connectivity index (χ3n) is 4.99. The Kier molecular flexibility index (Phi) is 4.49. The quantitative estimate of drug-likeness (QED) is 0.549. The van der Waals surface area contributed by atoms with Crippen molar-refractivity contribution in [3.05, 3.63) is 64.3 Å². The average molecular weight is 367 g/mol. The van der Waals surface area contributed by atoms with Crippen molar-refractivity contribution in [1.82, 2.24) is 9.78 Å². The van der Waals surface area contributed by atoms with Gasteiger partial charge in [-0.25, -0.2) is 0 Å². The summed E-state index contributed by atoms with van der Waals surface area (Å²) < 4.78 is 8.01. The zero-order valence-corrected chi connectivity index (χ0v) is 16.2. The van der Waals surface area contributed by atoms with Crippen molar-refractivity contribution in [2.75, 3.05) is 0 Å². The van der Waals surface area contributed by atoms with Gasteiger partial charge in [0.05, 0.1) is 5.52 Å². The fraction of sp³-hybridized carbons (Fsp3) is 0.318. The molecule has 4 rings (SSSR count). The number of nitrogens with zero attached hydrogens (tertiary/aromatic N) is 2. The molecule has 1 aromatic heterocycles. The lowest BCUT2D eigenvalue weighted by Gasteiger charge is -2.16. The Morgan fingerprint density at radius 2 is 2.04 bits per heavy atom. The standard InChI is InChI=1S/C22H23ClN2O/c1-14(2)25-21-10-7-16(11-20(21)22(23)24-25)13-26-18-8-9-19-15(3)5-4-6-17(19)12-18/h5,7-12,14H,4,6,13H2,1-3H3. The summed E-state index contributed by atoms with van der Waals surface area (Å²) in [6.07, 6.45) is 4.50. The summed E-state index contributed by atoms with van der Waals surface area (Å²) >= 11 is 6.33. The zero-order chi connectivity index (χ0) is 18.3. The highest BCUT2D eigenvalue weighted by Crippen LogP contribution is 2.30. The first-order valence-electron chi connectivity index (χ1n) is 9.12. The lowest BCUT2D eigenvalue weighted by atomic mass is 9.92. The van der Waals surface area contributed by atoms with Gasteiger partial charge in [-0.05, 0) is 80.1 Å². The van der Waals surface area contributed by atoms with Crippen LogP contribution >= 0.6 is 11.6 Å². The molecule has 0 unspecified atom stereocenters. The molecule has 0 radical (unpaired) electrons. The first kappa shape index (κ1) is 17.2. The average Bonchev–Trinajstić information content (AvgIpc) is 2.97. The Hall–Kier alpha value is -2.26. The number of fused-ring (bicyclic) bond motifs is 2. The molecule has 0 aliphatic heterocycles. The van der Waals surface area contributed by atoms with Crippen molar-refractivity contribution in [2.24, 2.45) is 0 Å². The van der Waals surface area contributed by atoms with E-state index in [9.17, 15) is 0 Å². The Morgan fingerprint density at radius 3 is 2.85 bits per heavy atom. The molecule has 3 aromatic rings. The molecule has 0 spiro atoms. The third-order valence-corrected chi connectivity index (χ3v) is 5.27. The topological polar surface area (TPSA) is 27.1 Å². The van der Waals surface area contributed by atoms with Crippen LogP contribution in [0.1, 0.15) is 49.9 Å². The molecule has 1 aliphatic rings. The monoisotopic (exact) mass is 366 g/mol. The Labute approximate surface area is 159 Å². The lowest BCUT2D eigenvalue weighted by molar-refractivity contribution is 0.306. The van der Waals surface area contributed by atoms with Crippen molar-refractivity contribution < 1.29 is 4.74 Å². The molecule has 0 atom stereocenters. The summed E-state index contributed by atoms with van der Waals surface area (Å²) in [5, 5.41) is 5.97. The lowest BCUT2D eigenvalue weighted by Crippen LogP contribution is -2.02. The number of benzene rings is 2. The van der Waals surface area contributed by atoms with E-state index in [-0.39, 0.29) is 6.04 Å². The maximum atomic E-state index is 6.33. The van der Waals surface area contributed by atoms with Gasteiger partial charge in [0.25, 0.3) is 0 Å². The normalized spacial score (nSPS) is 13.8. The van der Waals surface area contributed by atoms with E-state index in [1.165, 1.54) is 16.7 Å². The van der Waals surface area contributed by atoms with Gasteiger partial charge in [-0.15, -0.1) is 0 Å². The van der Waals surface area contributed by atoms with Gasteiger partial charge in [0, 0.05) is 11.4 Å². The molecule has 0 N–H and O–H groups in total. The number of aromatic nitrogens is 2. The minimum absolute atomic E-state index is 0.278. The molecule has 0 fully saturated rings. The highest BCUT2D eigenvalue weighted by Gasteiger charge is 2.13. The summed E-state index contributed by atoms with van der Waals surface area (Å²) in [4.78, 5) is 0. The number of aryl methyl sites for hydroxylation is 1. The van der Waals surface area contributed by atoms with E-state index in [0.717, 1.165) is 35.1 Å². The number of halogens is 1. The van der Waals surface area contributed by atoms with Crippen molar-refractivity contribution in [3.63, 3.8) is 0 Å². The van der Waals surface area contributed by atoms with Crippen LogP contribution in [-0.2, 0) is 13.0 Å². The highest BCUT2D eigenvalue weighted by molar-refractivity contribution is 6.34. The molecule has 1 aliphatic carbocycles. The fourth-order valence-electron chi connectivity index (χ4n) is 3.61. The van der Waals surface area contributed by atoms with E-state index in [4.69, 9.17) is 16.3 Å². The molecule has 4 heteroatoms. The van der Waals surface area contributed by atoms with Crippen molar-refractivity contribution >= 4 is 28.1 Å². The fourth-order valence-corrected chi connectivity index (χ4v) is 3.84. The second-order valence-electron chi connectivity index (χ2n) is 7.21. The van der Waals surface area contributed by atoms with E-state index in [0.29, 0.717) is 11.8 Å². The largest absolute Gasteiger partial charge is 0.489 e. The summed E-state index contributed by atoms with van der Waals surface area (Å²) in [5.41, 5.74) is 6.23. The second-order valence-corrected chi connectivity index (χ2v) is 7.57. The first-order valence-corrected chi connectivity index (χ1v) is 9.50. The maximum absolute atomic E-state index is 6.33. The highest BCUT2D eigenvalue weighted by atomic mass is 35.5. The van der Waals surface area contributed by atoms with Crippen molar-refractivity contribution in [3.8, 4) is 5.75 Å². The predicted octanol–water partition coefficient (Wildman–Crippen LogP) is 6.20. The van der Waals surface area contributed by atoms with Gasteiger partial charge in [-0.3, -0.25) is 4.68 Å². The van der Waals surface area contributed by atoms with E-state index in [2.05, 4.69) is 68.3 Å². The molecular formula is C22H23ClN2O. The van der Waals surface area contributed by atoms with Gasteiger partial charge < -0.3 is 4.74 Å². The summed E-state index contributed by atoms with van der Waals surface area (Å²) in [5.74, 6) is 0.919. The molecule has 134 valence electrons. The molecule has 0 saturated heterocycles. The van der Waals surface area contributed by atoms with E-state index < -0.39 is 0 Å². The zero-order valence-electron chi connectivity index (χ0n) is 15.4. The van der Waals surface area contributed by atoms with Gasteiger partial charge in [0.1, 0.15) is 12.4 Å². The Bertz CT molecular complexity index is 1000. The third kappa shape index (κ3) is 3.12. The number of ether oxygens (including phenoxy) is 1. The van der Waals surface area contributed by atoms with Crippen molar-refractivity contribution in [1.29, 1.82) is 0 Å². The SMILES string of the molecule is CC1=CCCc2cc(OCc3ccc4c(c3)c(Cl)nn4C(C)C)ccc21. The van der Waals surface area contributed by atoms with Crippen LogP contribution in [0.3, 0.4) is 0 Å². The molecule has 26 heavy (non-hydrogen) atoms. The molecule has 2 aromatic carbocycles. The number of allylic oxidation sites excluding steroid dienone is 2. The minimum atomic E-state index is 0.278. The summed E-state index contributed by atoms with van der Waals surface area (Å²) in [7, 11) is 0. The first-order chi connectivity index (χ1) is 12.5. The summed E-state index contributed by atoms with van der Waals surface area (Å²) in [6, 6.07) is 12.9. The minimum Gasteiger partial charge on any atom is -0.489 e.